The second kappa shape index (κ2) is 6.20. The molecule has 3 rings (SSSR count). The molecule has 2 N–H and O–H groups in total. The molecule has 2 saturated heterocycles. The van der Waals surface area contributed by atoms with Crippen molar-refractivity contribution in [2.45, 2.75) is 31.3 Å². The van der Waals surface area contributed by atoms with Gasteiger partial charge in [-0.15, -0.1) is 11.3 Å². The number of hydrogen-bond acceptors (Lipinski definition) is 6. The molecule has 5 nitrogen and oxygen atoms in total. The van der Waals surface area contributed by atoms with Gasteiger partial charge in [0.25, 0.3) is 0 Å². The summed E-state index contributed by atoms with van der Waals surface area (Å²) in [5, 5.41) is 3.22. The fourth-order valence-electron chi connectivity index (χ4n) is 3.76. The fourth-order valence-corrected chi connectivity index (χ4v) is 4.46. The lowest BCUT2D eigenvalue weighted by atomic mass is 9.81. The Bertz CT molecular complexity index is 443. The third kappa shape index (κ3) is 2.95. The molecule has 118 valence electrons. The minimum atomic E-state index is 0.209. The van der Waals surface area contributed by atoms with Crippen molar-refractivity contribution in [1.29, 1.82) is 0 Å². The van der Waals surface area contributed by atoms with Crippen LogP contribution in [0.4, 0.5) is 5.13 Å². The summed E-state index contributed by atoms with van der Waals surface area (Å²) in [7, 11) is 2.23. The first-order valence-corrected chi connectivity index (χ1v) is 8.82. The van der Waals surface area contributed by atoms with Gasteiger partial charge in [-0.05, 0) is 33.4 Å². The van der Waals surface area contributed by atoms with Gasteiger partial charge < -0.3 is 15.5 Å². The lowest BCUT2D eigenvalue weighted by Crippen LogP contribution is -2.64. The molecule has 0 amide bonds. The molecule has 2 atom stereocenters. The van der Waals surface area contributed by atoms with Gasteiger partial charge in [-0.2, -0.15) is 0 Å². The Morgan fingerprint density at radius 2 is 2.10 bits per heavy atom. The van der Waals surface area contributed by atoms with Crippen LogP contribution in [-0.2, 0) is 0 Å². The van der Waals surface area contributed by atoms with Gasteiger partial charge in [0.15, 0.2) is 5.13 Å². The summed E-state index contributed by atoms with van der Waals surface area (Å²) in [4.78, 5) is 11.9. The van der Waals surface area contributed by atoms with E-state index in [-0.39, 0.29) is 5.54 Å². The average Bonchev–Trinajstić information content (AvgIpc) is 3.05. The quantitative estimate of drug-likeness (QED) is 0.905. The summed E-state index contributed by atoms with van der Waals surface area (Å²) in [6.07, 6.45) is 4.28. The number of anilines is 1. The summed E-state index contributed by atoms with van der Waals surface area (Å²) in [5.74, 6) is 0. The van der Waals surface area contributed by atoms with E-state index in [4.69, 9.17) is 5.73 Å². The van der Waals surface area contributed by atoms with Gasteiger partial charge in [-0.3, -0.25) is 4.90 Å². The first-order valence-electron chi connectivity index (χ1n) is 7.94. The monoisotopic (exact) mass is 309 g/mol. The number of thiazole rings is 1. The van der Waals surface area contributed by atoms with E-state index in [9.17, 15) is 0 Å². The largest absolute Gasteiger partial charge is 0.346 e. The predicted octanol–water partition coefficient (Wildman–Crippen LogP) is 1.08. The summed E-state index contributed by atoms with van der Waals surface area (Å²) in [6, 6.07) is 0.624. The summed E-state index contributed by atoms with van der Waals surface area (Å²) < 4.78 is 0. The van der Waals surface area contributed by atoms with E-state index in [0.29, 0.717) is 6.04 Å². The first kappa shape index (κ1) is 15.2. The highest BCUT2D eigenvalue weighted by molar-refractivity contribution is 7.13. The first-order chi connectivity index (χ1) is 10.1. The van der Waals surface area contributed by atoms with E-state index in [2.05, 4.69) is 39.0 Å². The number of hydrogen-bond donors (Lipinski definition) is 1. The number of piperazine rings is 1. The zero-order valence-electron chi connectivity index (χ0n) is 13.2. The maximum Gasteiger partial charge on any atom is 0.185 e. The second-order valence-electron chi connectivity index (χ2n) is 6.50. The molecule has 0 aliphatic carbocycles. The number of aromatic nitrogens is 1. The molecule has 6 heteroatoms. The topological polar surface area (TPSA) is 48.6 Å². The molecule has 2 aliphatic rings. The van der Waals surface area contributed by atoms with Crippen LogP contribution >= 0.6 is 11.3 Å². The Hall–Kier alpha value is -0.690. The van der Waals surface area contributed by atoms with Crippen LogP contribution in [0.5, 0.6) is 0 Å². The molecule has 2 aliphatic heterocycles. The van der Waals surface area contributed by atoms with E-state index < -0.39 is 0 Å². The van der Waals surface area contributed by atoms with Crippen LogP contribution in [0.2, 0.25) is 0 Å². The summed E-state index contributed by atoms with van der Waals surface area (Å²) in [5.41, 5.74) is 6.43. The van der Waals surface area contributed by atoms with Crippen LogP contribution < -0.4 is 10.6 Å². The Morgan fingerprint density at radius 3 is 2.67 bits per heavy atom. The molecule has 0 radical (unpaired) electrons. The van der Waals surface area contributed by atoms with Gasteiger partial charge in [0.2, 0.25) is 0 Å². The zero-order valence-corrected chi connectivity index (χ0v) is 14.0. The molecule has 2 fully saturated rings. The average molecular weight is 309 g/mol. The Morgan fingerprint density at radius 1 is 1.33 bits per heavy atom. The molecule has 1 aromatic rings. The van der Waals surface area contributed by atoms with Crippen LogP contribution in [0, 0.1) is 0 Å². The van der Waals surface area contributed by atoms with Crippen LogP contribution in [0.25, 0.3) is 0 Å². The summed E-state index contributed by atoms with van der Waals surface area (Å²) >= 11 is 1.74. The molecule has 1 aromatic heterocycles. The van der Waals surface area contributed by atoms with E-state index in [1.54, 1.807) is 11.3 Å². The highest BCUT2D eigenvalue weighted by atomic mass is 32.1. The van der Waals surface area contributed by atoms with E-state index >= 15 is 0 Å². The van der Waals surface area contributed by atoms with Crippen molar-refractivity contribution in [3.8, 4) is 0 Å². The van der Waals surface area contributed by atoms with Crippen molar-refractivity contribution in [3.63, 3.8) is 0 Å². The van der Waals surface area contributed by atoms with Gasteiger partial charge in [0.05, 0.1) is 0 Å². The van der Waals surface area contributed by atoms with Crippen LogP contribution in [0.3, 0.4) is 0 Å². The highest BCUT2D eigenvalue weighted by Crippen LogP contribution is 2.32. The van der Waals surface area contributed by atoms with Gasteiger partial charge in [-0.1, -0.05) is 0 Å². The Kier molecular flexibility index (Phi) is 4.49. The molecule has 2 unspecified atom stereocenters. The Balaban J connectivity index is 1.64. The minimum Gasteiger partial charge on any atom is -0.346 e. The normalized spacial score (nSPS) is 32.5. The number of piperidine rings is 1. The molecule has 0 aromatic carbocycles. The van der Waals surface area contributed by atoms with Crippen molar-refractivity contribution in [1.82, 2.24) is 14.8 Å². The second-order valence-corrected chi connectivity index (χ2v) is 7.37. The molecule has 3 heterocycles. The highest BCUT2D eigenvalue weighted by Gasteiger charge is 2.41. The maximum atomic E-state index is 6.22. The number of likely N-dealkylation sites (tertiary alicyclic amines) is 1. The van der Waals surface area contributed by atoms with Gasteiger partial charge in [0, 0.05) is 55.9 Å². The van der Waals surface area contributed by atoms with Crippen LogP contribution in [-0.4, -0.2) is 72.7 Å². The number of nitrogens with two attached hydrogens (primary N) is 1. The van der Waals surface area contributed by atoms with Crippen molar-refractivity contribution in [2.75, 3.05) is 51.2 Å². The Labute approximate surface area is 131 Å². The van der Waals surface area contributed by atoms with Crippen molar-refractivity contribution in [3.05, 3.63) is 11.6 Å². The van der Waals surface area contributed by atoms with Crippen molar-refractivity contribution in [2.24, 2.45) is 5.73 Å². The minimum absolute atomic E-state index is 0.209. The number of nitrogens with zero attached hydrogens (tertiary/aromatic N) is 4. The lowest BCUT2D eigenvalue weighted by molar-refractivity contribution is 0.00717. The fraction of sp³-hybridized carbons (Fsp3) is 0.800. The maximum absolute atomic E-state index is 6.22. The van der Waals surface area contributed by atoms with Gasteiger partial charge >= 0.3 is 0 Å². The lowest BCUT2D eigenvalue weighted by Gasteiger charge is -2.52. The van der Waals surface area contributed by atoms with Crippen LogP contribution in [0.1, 0.15) is 19.8 Å². The van der Waals surface area contributed by atoms with Crippen LogP contribution in [0.15, 0.2) is 11.6 Å². The zero-order chi connectivity index (χ0) is 14.9. The molecule has 0 spiro atoms. The SMILES string of the molecule is CC1CC(CN)(N2CCN(c3nccs3)CC2)CCN1C. The molecule has 21 heavy (non-hydrogen) atoms. The predicted molar refractivity (Wildman–Crippen MR) is 89.0 cm³/mol. The standard InChI is InChI=1S/C15H27N5S/c1-13-11-15(12-16,3-5-18(13)2)20-8-6-19(7-9-20)14-17-4-10-21-14/h4,10,13H,3,5-9,11-12,16H2,1-2H3. The third-order valence-corrected chi connectivity index (χ3v) is 6.21. The molecule has 0 saturated carbocycles. The smallest absolute Gasteiger partial charge is 0.185 e. The molecular formula is C15H27N5S. The molecule has 0 bridgehead atoms. The summed E-state index contributed by atoms with van der Waals surface area (Å²) in [6.45, 7) is 8.61. The van der Waals surface area contributed by atoms with E-state index in [0.717, 1.165) is 44.4 Å². The van der Waals surface area contributed by atoms with Gasteiger partial charge in [-0.25, -0.2) is 4.98 Å². The van der Waals surface area contributed by atoms with Crippen molar-refractivity contribution >= 4 is 16.5 Å². The third-order valence-electron chi connectivity index (χ3n) is 5.38. The van der Waals surface area contributed by atoms with E-state index in [1.165, 1.54) is 12.8 Å². The number of rotatable bonds is 3. The van der Waals surface area contributed by atoms with Crippen molar-refractivity contribution < 1.29 is 0 Å². The van der Waals surface area contributed by atoms with Gasteiger partial charge in [0.1, 0.15) is 0 Å². The molecular weight excluding hydrogens is 282 g/mol. The van der Waals surface area contributed by atoms with E-state index in [1.807, 2.05) is 6.20 Å².